The summed E-state index contributed by atoms with van der Waals surface area (Å²) in [7, 11) is 0. The molecule has 3 aromatic carbocycles. The van der Waals surface area contributed by atoms with Crippen LogP contribution in [0.5, 0.6) is 0 Å². The molecule has 0 radical (unpaired) electrons. The van der Waals surface area contributed by atoms with Crippen LogP contribution in [0.15, 0.2) is 60.7 Å². The summed E-state index contributed by atoms with van der Waals surface area (Å²) in [5.41, 5.74) is 2.04. The second-order valence-electron chi connectivity index (χ2n) is 7.40. The highest BCUT2D eigenvalue weighted by Crippen LogP contribution is 2.33. The fraction of sp³-hybridized carbons (Fsp3) is 0.125. The van der Waals surface area contributed by atoms with Gasteiger partial charge >= 0.3 is 6.09 Å². The van der Waals surface area contributed by atoms with E-state index in [9.17, 15) is 23.2 Å². The largest absolute Gasteiger partial charge is 0.465 e. The lowest BCUT2D eigenvalue weighted by Crippen LogP contribution is -2.32. The SMILES string of the molecule is C[C@H](c1ccc(-c2cc(F)cc(F)c2CNC(=O)O)cc1)N1C(=O)c2ccccc2C1=O. The number of fused-ring (bicyclic) bond motifs is 1. The fourth-order valence-corrected chi connectivity index (χ4v) is 3.85. The first kappa shape index (κ1) is 21.2. The fourth-order valence-electron chi connectivity index (χ4n) is 3.85. The topological polar surface area (TPSA) is 86.7 Å². The first-order valence-electron chi connectivity index (χ1n) is 9.80. The third-order valence-electron chi connectivity index (χ3n) is 5.49. The summed E-state index contributed by atoms with van der Waals surface area (Å²) >= 11 is 0. The van der Waals surface area contributed by atoms with Crippen molar-refractivity contribution in [1.82, 2.24) is 10.2 Å². The Morgan fingerprint density at radius 3 is 2.12 bits per heavy atom. The van der Waals surface area contributed by atoms with Gasteiger partial charge in [0.1, 0.15) is 11.6 Å². The number of nitrogens with zero attached hydrogens (tertiary/aromatic N) is 1. The normalized spacial score (nSPS) is 13.8. The van der Waals surface area contributed by atoms with E-state index in [0.717, 1.165) is 6.07 Å². The second kappa shape index (κ2) is 8.22. The summed E-state index contributed by atoms with van der Waals surface area (Å²) in [6.45, 7) is 1.39. The van der Waals surface area contributed by atoms with E-state index in [1.54, 1.807) is 55.5 Å². The van der Waals surface area contributed by atoms with Crippen LogP contribution in [0, 0.1) is 11.6 Å². The molecule has 8 heteroatoms. The van der Waals surface area contributed by atoms with Crippen LogP contribution in [0.25, 0.3) is 11.1 Å². The molecule has 1 aliphatic heterocycles. The lowest BCUT2D eigenvalue weighted by molar-refractivity contribution is 0.0595. The zero-order chi connectivity index (χ0) is 23.0. The molecule has 0 bridgehead atoms. The zero-order valence-electron chi connectivity index (χ0n) is 16.9. The van der Waals surface area contributed by atoms with Crippen molar-refractivity contribution < 1.29 is 28.3 Å². The number of nitrogens with one attached hydrogen (secondary N) is 1. The molecule has 32 heavy (non-hydrogen) atoms. The number of hydrogen-bond donors (Lipinski definition) is 2. The number of carbonyl (C=O) groups is 3. The van der Waals surface area contributed by atoms with Gasteiger partial charge in [0, 0.05) is 18.2 Å². The molecule has 2 N–H and O–H groups in total. The van der Waals surface area contributed by atoms with Crippen LogP contribution in [0.3, 0.4) is 0 Å². The molecule has 4 rings (SSSR count). The summed E-state index contributed by atoms with van der Waals surface area (Å²) in [6.07, 6.45) is -1.33. The molecule has 6 nitrogen and oxygen atoms in total. The first-order valence-corrected chi connectivity index (χ1v) is 9.80. The van der Waals surface area contributed by atoms with Crippen LogP contribution in [-0.4, -0.2) is 27.9 Å². The lowest BCUT2D eigenvalue weighted by Gasteiger charge is -2.23. The Morgan fingerprint density at radius 1 is 0.969 bits per heavy atom. The highest BCUT2D eigenvalue weighted by molar-refractivity contribution is 6.21. The van der Waals surface area contributed by atoms with Crippen molar-refractivity contribution in [3.8, 4) is 11.1 Å². The first-order chi connectivity index (χ1) is 15.3. The number of amides is 3. The molecule has 0 aliphatic carbocycles. The van der Waals surface area contributed by atoms with Gasteiger partial charge in [-0.2, -0.15) is 0 Å². The molecule has 0 fully saturated rings. The quantitative estimate of drug-likeness (QED) is 0.565. The van der Waals surface area contributed by atoms with E-state index in [0.29, 0.717) is 28.3 Å². The summed E-state index contributed by atoms with van der Waals surface area (Å²) in [5.74, 6) is -2.41. The molecule has 162 valence electrons. The molecule has 3 amide bonds. The Balaban J connectivity index is 1.64. The summed E-state index contributed by atoms with van der Waals surface area (Å²) in [5, 5.41) is 10.9. The molecule has 1 heterocycles. The molecule has 1 atom stereocenters. The average Bonchev–Trinajstić information content (AvgIpc) is 3.02. The predicted octanol–water partition coefficient (Wildman–Crippen LogP) is 4.76. The van der Waals surface area contributed by atoms with Gasteiger partial charge in [-0.1, -0.05) is 36.4 Å². The molecule has 0 spiro atoms. The van der Waals surface area contributed by atoms with Gasteiger partial charge in [-0.3, -0.25) is 14.5 Å². The van der Waals surface area contributed by atoms with E-state index >= 15 is 0 Å². The molecular weight excluding hydrogens is 418 g/mol. The zero-order valence-corrected chi connectivity index (χ0v) is 16.9. The predicted molar refractivity (Wildman–Crippen MR) is 112 cm³/mol. The third kappa shape index (κ3) is 3.71. The van der Waals surface area contributed by atoms with Crippen molar-refractivity contribution in [2.75, 3.05) is 0 Å². The van der Waals surface area contributed by atoms with Crippen molar-refractivity contribution in [3.05, 3.63) is 94.6 Å². The molecular formula is C24H18F2N2O4. The maximum absolute atomic E-state index is 14.3. The standard InChI is InChI=1S/C24H18F2N2O4/c1-13(28-22(29)17-4-2-3-5-18(17)23(28)30)14-6-8-15(9-7-14)19-10-16(25)11-21(26)20(19)12-27-24(31)32/h2-11,13,27H,12H2,1H3,(H,31,32)/t13-/m1/s1. The number of hydrogen-bond acceptors (Lipinski definition) is 3. The summed E-state index contributed by atoms with van der Waals surface area (Å²) in [4.78, 5) is 37.4. The van der Waals surface area contributed by atoms with Crippen LogP contribution in [0.1, 0.15) is 44.8 Å². The molecule has 0 saturated carbocycles. The minimum absolute atomic E-state index is 0.00921. The summed E-state index contributed by atoms with van der Waals surface area (Å²) in [6, 6.07) is 14.4. The number of benzene rings is 3. The van der Waals surface area contributed by atoms with Crippen molar-refractivity contribution in [3.63, 3.8) is 0 Å². The van der Waals surface area contributed by atoms with Gasteiger partial charge in [-0.25, -0.2) is 13.6 Å². The molecule has 0 unspecified atom stereocenters. The van der Waals surface area contributed by atoms with Gasteiger partial charge in [0.15, 0.2) is 0 Å². The third-order valence-corrected chi connectivity index (χ3v) is 5.49. The van der Waals surface area contributed by atoms with Gasteiger partial charge in [0.25, 0.3) is 11.8 Å². The van der Waals surface area contributed by atoms with Gasteiger partial charge in [-0.05, 0) is 41.8 Å². The minimum atomic E-state index is -1.33. The van der Waals surface area contributed by atoms with Crippen LogP contribution >= 0.6 is 0 Å². The van der Waals surface area contributed by atoms with E-state index in [4.69, 9.17) is 5.11 Å². The molecule has 1 aliphatic rings. The smallest absolute Gasteiger partial charge is 0.404 e. The lowest BCUT2D eigenvalue weighted by atomic mass is 9.96. The van der Waals surface area contributed by atoms with E-state index in [1.165, 1.54) is 4.90 Å². The number of carboxylic acid groups (broad SMARTS) is 1. The van der Waals surface area contributed by atoms with E-state index in [1.807, 2.05) is 0 Å². The van der Waals surface area contributed by atoms with Crippen LogP contribution < -0.4 is 5.32 Å². The van der Waals surface area contributed by atoms with Crippen molar-refractivity contribution in [1.29, 1.82) is 0 Å². The van der Waals surface area contributed by atoms with E-state index < -0.39 is 23.8 Å². The Morgan fingerprint density at radius 2 is 1.56 bits per heavy atom. The monoisotopic (exact) mass is 436 g/mol. The van der Waals surface area contributed by atoms with Crippen molar-refractivity contribution >= 4 is 17.9 Å². The van der Waals surface area contributed by atoms with Gasteiger partial charge in [-0.15, -0.1) is 0 Å². The Bertz CT molecular complexity index is 1210. The van der Waals surface area contributed by atoms with Gasteiger partial charge in [0.2, 0.25) is 0 Å². The number of halogens is 2. The molecule has 0 aromatic heterocycles. The maximum atomic E-state index is 14.3. The van der Waals surface area contributed by atoms with Gasteiger partial charge < -0.3 is 10.4 Å². The minimum Gasteiger partial charge on any atom is -0.465 e. The highest BCUT2D eigenvalue weighted by Gasteiger charge is 2.38. The number of rotatable bonds is 5. The van der Waals surface area contributed by atoms with Gasteiger partial charge in [0.05, 0.1) is 17.2 Å². The maximum Gasteiger partial charge on any atom is 0.404 e. The second-order valence-corrected chi connectivity index (χ2v) is 7.40. The van der Waals surface area contributed by atoms with Crippen molar-refractivity contribution in [2.45, 2.75) is 19.5 Å². The highest BCUT2D eigenvalue weighted by atomic mass is 19.1. The molecule has 3 aromatic rings. The number of carbonyl (C=O) groups excluding carboxylic acids is 2. The Hall–Kier alpha value is -4.07. The van der Waals surface area contributed by atoms with Crippen LogP contribution in [0.4, 0.5) is 13.6 Å². The molecule has 0 saturated heterocycles. The average molecular weight is 436 g/mol. The van der Waals surface area contributed by atoms with Crippen LogP contribution in [-0.2, 0) is 6.54 Å². The Kier molecular flexibility index (Phi) is 5.44. The van der Waals surface area contributed by atoms with E-state index in [2.05, 4.69) is 5.32 Å². The van der Waals surface area contributed by atoms with Crippen molar-refractivity contribution in [2.24, 2.45) is 0 Å². The Labute approximate surface area is 182 Å². The number of imide groups is 1. The van der Waals surface area contributed by atoms with E-state index in [-0.39, 0.29) is 29.5 Å². The van der Waals surface area contributed by atoms with Crippen LogP contribution in [0.2, 0.25) is 0 Å². The summed E-state index contributed by atoms with van der Waals surface area (Å²) < 4.78 is 28.2.